The van der Waals surface area contributed by atoms with Crippen molar-refractivity contribution in [3.63, 3.8) is 0 Å². The predicted octanol–water partition coefficient (Wildman–Crippen LogP) is 3.57. The molecule has 1 fully saturated rings. The van der Waals surface area contributed by atoms with Crippen molar-refractivity contribution in [3.05, 3.63) is 54.6 Å². The van der Waals surface area contributed by atoms with E-state index in [1.54, 1.807) is 7.11 Å². The average molecular weight is 395 g/mol. The molecule has 144 valence electrons. The molecule has 1 saturated heterocycles. The molecule has 1 N–H and O–H groups in total. The van der Waals surface area contributed by atoms with E-state index >= 15 is 0 Å². The summed E-state index contributed by atoms with van der Waals surface area (Å²) in [6, 6.07) is 17.2. The fraction of sp³-hybridized carbons (Fsp3) is 0.250. The molecule has 8 heteroatoms. The number of para-hydroxylation sites is 2. The molecule has 2 amide bonds. The van der Waals surface area contributed by atoms with Gasteiger partial charge in [0, 0.05) is 43.3 Å². The summed E-state index contributed by atoms with van der Waals surface area (Å²) in [5.41, 5.74) is 1.69. The number of aromatic nitrogens is 2. The monoisotopic (exact) mass is 395 g/mol. The fourth-order valence-corrected chi connectivity index (χ4v) is 3.83. The van der Waals surface area contributed by atoms with Crippen LogP contribution >= 0.6 is 11.5 Å². The summed E-state index contributed by atoms with van der Waals surface area (Å²) in [7, 11) is 1.59. The molecule has 1 aromatic heterocycles. The molecular formula is C20H21N5O2S. The molecule has 0 atom stereocenters. The van der Waals surface area contributed by atoms with E-state index < -0.39 is 0 Å². The molecule has 2 aromatic carbocycles. The number of hydrogen-bond donors (Lipinski definition) is 1. The van der Waals surface area contributed by atoms with Gasteiger partial charge in [0.1, 0.15) is 5.75 Å². The Bertz CT molecular complexity index is 939. The van der Waals surface area contributed by atoms with E-state index in [9.17, 15) is 4.79 Å². The smallest absolute Gasteiger partial charge is 0.322 e. The molecule has 28 heavy (non-hydrogen) atoms. The van der Waals surface area contributed by atoms with Crippen molar-refractivity contribution >= 4 is 28.4 Å². The Balaban J connectivity index is 1.36. The minimum Gasteiger partial charge on any atom is -0.495 e. The Kier molecular flexibility index (Phi) is 5.38. The molecule has 1 aliphatic heterocycles. The zero-order valence-electron chi connectivity index (χ0n) is 15.5. The van der Waals surface area contributed by atoms with Crippen molar-refractivity contribution in [1.29, 1.82) is 0 Å². The van der Waals surface area contributed by atoms with E-state index in [1.807, 2.05) is 59.5 Å². The zero-order chi connectivity index (χ0) is 19.3. The first-order valence-corrected chi connectivity index (χ1v) is 9.85. The van der Waals surface area contributed by atoms with Gasteiger partial charge in [-0.05, 0) is 12.1 Å². The molecule has 0 saturated carbocycles. The molecule has 1 aliphatic rings. The molecule has 0 unspecified atom stereocenters. The van der Waals surface area contributed by atoms with Crippen LogP contribution in [0.1, 0.15) is 0 Å². The molecule has 3 aromatic rings. The van der Waals surface area contributed by atoms with Gasteiger partial charge < -0.3 is 19.9 Å². The second-order valence-corrected chi connectivity index (χ2v) is 7.10. The number of carbonyl (C=O) groups is 1. The van der Waals surface area contributed by atoms with Crippen LogP contribution in [-0.4, -0.2) is 53.6 Å². The number of piperazine rings is 1. The maximum Gasteiger partial charge on any atom is 0.322 e. The first-order valence-electron chi connectivity index (χ1n) is 9.07. The van der Waals surface area contributed by atoms with Gasteiger partial charge in [0.25, 0.3) is 0 Å². The second kappa shape index (κ2) is 8.26. The Morgan fingerprint density at radius 2 is 1.75 bits per heavy atom. The lowest BCUT2D eigenvalue weighted by atomic mass is 10.2. The lowest BCUT2D eigenvalue weighted by molar-refractivity contribution is 0.208. The van der Waals surface area contributed by atoms with Crippen molar-refractivity contribution in [3.8, 4) is 17.1 Å². The van der Waals surface area contributed by atoms with Crippen LogP contribution in [-0.2, 0) is 0 Å². The zero-order valence-corrected chi connectivity index (χ0v) is 16.4. The van der Waals surface area contributed by atoms with E-state index in [0.29, 0.717) is 24.5 Å². The van der Waals surface area contributed by atoms with Crippen LogP contribution < -0.4 is 15.0 Å². The first kappa shape index (κ1) is 18.2. The van der Waals surface area contributed by atoms with Gasteiger partial charge in [0.2, 0.25) is 5.13 Å². The van der Waals surface area contributed by atoms with Crippen molar-refractivity contribution < 1.29 is 9.53 Å². The van der Waals surface area contributed by atoms with Crippen molar-refractivity contribution in [2.75, 3.05) is 43.5 Å². The summed E-state index contributed by atoms with van der Waals surface area (Å²) >= 11 is 1.40. The largest absolute Gasteiger partial charge is 0.495 e. The molecule has 0 radical (unpaired) electrons. The highest BCUT2D eigenvalue weighted by molar-refractivity contribution is 7.09. The molecule has 0 bridgehead atoms. The summed E-state index contributed by atoms with van der Waals surface area (Å²) in [5, 5.41) is 3.82. The number of rotatable bonds is 4. The molecule has 0 aliphatic carbocycles. The van der Waals surface area contributed by atoms with Gasteiger partial charge in [0.05, 0.1) is 12.8 Å². The van der Waals surface area contributed by atoms with Gasteiger partial charge in [-0.1, -0.05) is 42.5 Å². The number of anilines is 2. The lowest BCUT2D eigenvalue weighted by Gasteiger charge is -2.34. The van der Waals surface area contributed by atoms with Crippen LogP contribution in [0.5, 0.6) is 5.75 Å². The molecule has 4 rings (SSSR count). The number of urea groups is 1. The number of nitrogens with one attached hydrogen (secondary N) is 1. The third kappa shape index (κ3) is 3.91. The number of nitrogens with zero attached hydrogens (tertiary/aromatic N) is 4. The topological polar surface area (TPSA) is 70.6 Å². The van der Waals surface area contributed by atoms with Gasteiger partial charge in [-0.3, -0.25) is 0 Å². The van der Waals surface area contributed by atoms with Crippen LogP contribution in [0.25, 0.3) is 11.4 Å². The number of ether oxygens (including phenoxy) is 1. The van der Waals surface area contributed by atoms with Crippen LogP contribution in [0.4, 0.5) is 15.6 Å². The third-order valence-electron chi connectivity index (χ3n) is 4.63. The van der Waals surface area contributed by atoms with E-state index in [4.69, 9.17) is 4.74 Å². The number of carbonyl (C=O) groups excluding carboxylic acids is 1. The van der Waals surface area contributed by atoms with E-state index in [2.05, 4.69) is 19.6 Å². The van der Waals surface area contributed by atoms with E-state index in [-0.39, 0.29) is 6.03 Å². The van der Waals surface area contributed by atoms with Gasteiger partial charge in [-0.25, -0.2) is 4.79 Å². The van der Waals surface area contributed by atoms with Gasteiger partial charge in [-0.2, -0.15) is 9.36 Å². The lowest BCUT2D eigenvalue weighted by Crippen LogP contribution is -2.50. The summed E-state index contributed by atoms with van der Waals surface area (Å²) in [6.45, 7) is 2.70. The summed E-state index contributed by atoms with van der Waals surface area (Å²) in [4.78, 5) is 21.2. The van der Waals surface area contributed by atoms with Gasteiger partial charge >= 0.3 is 6.03 Å². The number of benzene rings is 2. The number of amides is 2. The minimum atomic E-state index is -0.119. The highest BCUT2D eigenvalue weighted by Crippen LogP contribution is 2.26. The SMILES string of the molecule is COc1ccccc1NC(=O)N1CCN(c2nc(-c3ccccc3)ns2)CC1. The van der Waals surface area contributed by atoms with Crippen molar-refractivity contribution in [2.45, 2.75) is 0 Å². The number of methoxy groups -OCH3 is 1. The maximum atomic E-state index is 12.6. The minimum absolute atomic E-state index is 0.119. The third-order valence-corrected chi connectivity index (χ3v) is 5.41. The van der Waals surface area contributed by atoms with E-state index in [1.165, 1.54) is 11.5 Å². The van der Waals surface area contributed by atoms with E-state index in [0.717, 1.165) is 29.6 Å². The van der Waals surface area contributed by atoms with Crippen LogP contribution in [0.15, 0.2) is 54.6 Å². The maximum absolute atomic E-state index is 12.6. The highest BCUT2D eigenvalue weighted by Gasteiger charge is 2.24. The number of hydrogen-bond acceptors (Lipinski definition) is 6. The molecule has 7 nitrogen and oxygen atoms in total. The van der Waals surface area contributed by atoms with Crippen LogP contribution in [0, 0.1) is 0 Å². The second-order valence-electron chi connectivity index (χ2n) is 6.37. The van der Waals surface area contributed by atoms with Crippen molar-refractivity contribution in [2.24, 2.45) is 0 Å². The fourth-order valence-electron chi connectivity index (χ4n) is 3.09. The summed E-state index contributed by atoms with van der Waals surface area (Å²) < 4.78 is 9.76. The Labute approximate surface area is 167 Å². The summed E-state index contributed by atoms with van der Waals surface area (Å²) in [6.07, 6.45) is 0. The van der Waals surface area contributed by atoms with Gasteiger partial charge in [0.15, 0.2) is 5.82 Å². The Morgan fingerprint density at radius 1 is 1.04 bits per heavy atom. The Hall–Kier alpha value is -3.13. The molecule has 0 spiro atoms. The van der Waals surface area contributed by atoms with Crippen LogP contribution in [0.3, 0.4) is 0 Å². The normalized spacial score (nSPS) is 14.0. The van der Waals surface area contributed by atoms with Crippen molar-refractivity contribution in [1.82, 2.24) is 14.3 Å². The highest BCUT2D eigenvalue weighted by atomic mass is 32.1. The average Bonchev–Trinajstić information content (AvgIpc) is 3.25. The molecular weight excluding hydrogens is 374 g/mol. The predicted molar refractivity (Wildman–Crippen MR) is 111 cm³/mol. The molecule has 2 heterocycles. The van der Waals surface area contributed by atoms with Gasteiger partial charge in [-0.15, -0.1) is 0 Å². The standard InChI is InChI=1S/C20H21N5O2S/c1-27-17-10-6-5-9-16(17)21-19(26)24-11-13-25(14-12-24)20-22-18(23-28-20)15-7-3-2-4-8-15/h2-10H,11-14H2,1H3,(H,21,26). The Morgan fingerprint density at radius 3 is 2.50 bits per heavy atom. The quantitative estimate of drug-likeness (QED) is 0.731. The van der Waals surface area contributed by atoms with Crippen LogP contribution in [0.2, 0.25) is 0 Å². The summed E-state index contributed by atoms with van der Waals surface area (Å²) in [5.74, 6) is 1.40. The first-order chi connectivity index (χ1) is 13.7.